The molecular formula is C13H18N2. The van der Waals surface area contributed by atoms with Crippen molar-refractivity contribution < 1.29 is 0 Å². The van der Waals surface area contributed by atoms with Crippen molar-refractivity contribution in [3.05, 3.63) is 35.4 Å². The Morgan fingerprint density at radius 3 is 2.40 bits per heavy atom. The van der Waals surface area contributed by atoms with Gasteiger partial charge in [-0.1, -0.05) is 38.1 Å². The first-order valence-corrected chi connectivity index (χ1v) is 5.41. The second-order valence-electron chi connectivity index (χ2n) is 3.99. The van der Waals surface area contributed by atoms with Crippen LogP contribution in [-0.2, 0) is 6.42 Å². The maximum atomic E-state index is 8.60. The van der Waals surface area contributed by atoms with Gasteiger partial charge in [0, 0.05) is 6.42 Å². The zero-order valence-electron chi connectivity index (χ0n) is 9.40. The highest BCUT2D eigenvalue weighted by molar-refractivity contribution is 5.26. The monoisotopic (exact) mass is 202 g/mol. The fourth-order valence-corrected chi connectivity index (χ4v) is 1.52. The lowest BCUT2D eigenvalue weighted by molar-refractivity contribution is 0.732. The molecule has 0 spiro atoms. The van der Waals surface area contributed by atoms with Crippen LogP contribution in [0.3, 0.4) is 0 Å². The molecule has 0 bridgehead atoms. The minimum Gasteiger partial charge on any atom is -0.316 e. The minimum atomic E-state index is -0.389. The van der Waals surface area contributed by atoms with E-state index in [1.54, 1.807) is 0 Å². The van der Waals surface area contributed by atoms with E-state index in [4.69, 9.17) is 11.0 Å². The van der Waals surface area contributed by atoms with Crippen LogP contribution in [0.1, 0.15) is 37.3 Å². The SMILES string of the molecule is CCC(C)c1ccc(CC(N)C#N)cc1. The highest BCUT2D eigenvalue weighted by atomic mass is 14.6. The topological polar surface area (TPSA) is 49.8 Å². The van der Waals surface area contributed by atoms with Gasteiger partial charge >= 0.3 is 0 Å². The summed E-state index contributed by atoms with van der Waals surface area (Å²) in [7, 11) is 0. The molecule has 1 rings (SSSR count). The number of hydrogen-bond donors (Lipinski definition) is 1. The third-order valence-electron chi connectivity index (χ3n) is 2.78. The van der Waals surface area contributed by atoms with Gasteiger partial charge in [-0.15, -0.1) is 0 Å². The van der Waals surface area contributed by atoms with Crippen molar-refractivity contribution in [3.8, 4) is 6.07 Å². The predicted molar refractivity (Wildman–Crippen MR) is 62.4 cm³/mol. The van der Waals surface area contributed by atoms with Crippen molar-refractivity contribution in [2.75, 3.05) is 0 Å². The molecule has 2 nitrogen and oxygen atoms in total. The van der Waals surface area contributed by atoms with Gasteiger partial charge in [0.1, 0.15) is 0 Å². The molecule has 0 aliphatic carbocycles. The van der Waals surface area contributed by atoms with E-state index in [2.05, 4.69) is 38.1 Å². The molecule has 2 atom stereocenters. The first-order valence-electron chi connectivity index (χ1n) is 5.41. The Morgan fingerprint density at radius 1 is 1.33 bits per heavy atom. The molecule has 15 heavy (non-hydrogen) atoms. The molecule has 0 heterocycles. The summed E-state index contributed by atoms with van der Waals surface area (Å²) in [5, 5.41) is 8.60. The number of nitrogens with zero attached hydrogens (tertiary/aromatic N) is 1. The smallest absolute Gasteiger partial charge is 0.0968 e. The highest BCUT2D eigenvalue weighted by Gasteiger charge is 2.04. The summed E-state index contributed by atoms with van der Waals surface area (Å²) in [5.74, 6) is 0.601. The minimum absolute atomic E-state index is 0.389. The van der Waals surface area contributed by atoms with Crippen LogP contribution in [0.4, 0.5) is 0 Å². The molecule has 2 unspecified atom stereocenters. The Hall–Kier alpha value is -1.33. The van der Waals surface area contributed by atoms with Gasteiger partial charge in [0.2, 0.25) is 0 Å². The van der Waals surface area contributed by atoms with Crippen molar-refractivity contribution in [3.63, 3.8) is 0 Å². The van der Waals surface area contributed by atoms with Crippen molar-refractivity contribution in [1.29, 1.82) is 5.26 Å². The predicted octanol–water partition coefficient (Wildman–Crippen LogP) is 2.59. The van der Waals surface area contributed by atoms with E-state index in [1.165, 1.54) is 5.56 Å². The maximum absolute atomic E-state index is 8.60. The van der Waals surface area contributed by atoms with Gasteiger partial charge < -0.3 is 5.73 Å². The van der Waals surface area contributed by atoms with Crippen molar-refractivity contribution in [2.45, 2.75) is 38.6 Å². The van der Waals surface area contributed by atoms with E-state index in [0.29, 0.717) is 12.3 Å². The number of rotatable bonds is 4. The Morgan fingerprint density at radius 2 is 1.93 bits per heavy atom. The molecule has 1 aromatic rings. The molecule has 0 amide bonds. The number of nitriles is 1. The van der Waals surface area contributed by atoms with Crippen molar-refractivity contribution >= 4 is 0 Å². The lowest BCUT2D eigenvalue weighted by atomic mass is 9.96. The van der Waals surface area contributed by atoms with Crippen LogP contribution in [0, 0.1) is 11.3 Å². The summed E-state index contributed by atoms with van der Waals surface area (Å²) >= 11 is 0. The Kier molecular flexibility index (Phi) is 4.33. The molecule has 2 N–H and O–H groups in total. The molecule has 1 aromatic carbocycles. The summed E-state index contributed by atoms with van der Waals surface area (Å²) in [4.78, 5) is 0. The van der Waals surface area contributed by atoms with Gasteiger partial charge in [-0.25, -0.2) is 0 Å². The van der Waals surface area contributed by atoms with Crippen molar-refractivity contribution in [1.82, 2.24) is 0 Å². The molecule has 2 heteroatoms. The van der Waals surface area contributed by atoms with Gasteiger partial charge in [0.25, 0.3) is 0 Å². The quantitative estimate of drug-likeness (QED) is 0.815. The number of hydrogen-bond acceptors (Lipinski definition) is 2. The van der Waals surface area contributed by atoms with E-state index >= 15 is 0 Å². The first kappa shape index (κ1) is 11.7. The van der Waals surface area contributed by atoms with Gasteiger partial charge in [0.15, 0.2) is 0 Å². The van der Waals surface area contributed by atoms with Gasteiger partial charge in [-0.05, 0) is 23.5 Å². The normalized spacial score (nSPS) is 14.3. The summed E-state index contributed by atoms with van der Waals surface area (Å²) in [5.41, 5.74) is 8.06. The molecule has 0 aromatic heterocycles. The van der Waals surface area contributed by atoms with Crippen LogP contribution in [0.25, 0.3) is 0 Å². The van der Waals surface area contributed by atoms with E-state index in [-0.39, 0.29) is 6.04 Å². The Balaban J connectivity index is 2.69. The number of nitrogens with two attached hydrogens (primary N) is 1. The van der Waals surface area contributed by atoms with Crippen LogP contribution in [0.15, 0.2) is 24.3 Å². The second-order valence-corrected chi connectivity index (χ2v) is 3.99. The third kappa shape index (κ3) is 3.38. The lowest BCUT2D eigenvalue weighted by Gasteiger charge is -2.10. The zero-order chi connectivity index (χ0) is 11.3. The summed E-state index contributed by atoms with van der Waals surface area (Å²) in [6, 6.07) is 10.1. The standard InChI is InChI=1S/C13H18N2/c1-3-10(2)12-6-4-11(5-7-12)8-13(15)9-14/h4-7,10,13H,3,8,15H2,1-2H3. The van der Waals surface area contributed by atoms with E-state index in [9.17, 15) is 0 Å². The summed E-state index contributed by atoms with van der Waals surface area (Å²) in [6.45, 7) is 4.40. The molecule has 0 saturated carbocycles. The third-order valence-corrected chi connectivity index (χ3v) is 2.78. The Labute approximate surface area is 91.7 Å². The largest absolute Gasteiger partial charge is 0.316 e. The highest BCUT2D eigenvalue weighted by Crippen LogP contribution is 2.19. The van der Waals surface area contributed by atoms with Crippen LogP contribution < -0.4 is 5.73 Å². The molecule has 0 aliphatic heterocycles. The fraction of sp³-hybridized carbons (Fsp3) is 0.462. The molecule has 0 saturated heterocycles. The van der Waals surface area contributed by atoms with Gasteiger partial charge in [-0.2, -0.15) is 5.26 Å². The average Bonchev–Trinajstić information content (AvgIpc) is 2.29. The first-order chi connectivity index (χ1) is 7.17. The molecule has 0 radical (unpaired) electrons. The zero-order valence-corrected chi connectivity index (χ0v) is 9.40. The molecule has 80 valence electrons. The second kappa shape index (κ2) is 5.53. The van der Waals surface area contributed by atoms with E-state index in [0.717, 1.165) is 12.0 Å². The average molecular weight is 202 g/mol. The van der Waals surface area contributed by atoms with E-state index in [1.807, 2.05) is 6.07 Å². The van der Waals surface area contributed by atoms with Gasteiger partial charge in [0.05, 0.1) is 12.1 Å². The van der Waals surface area contributed by atoms with Crippen LogP contribution in [0.2, 0.25) is 0 Å². The fourth-order valence-electron chi connectivity index (χ4n) is 1.52. The van der Waals surface area contributed by atoms with E-state index < -0.39 is 0 Å². The molecule has 0 aliphatic rings. The van der Waals surface area contributed by atoms with Crippen LogP contribution in [0.5, 0.6) is 0 Å². The van der Waals surface area contributed by atoms with Crippen LogP contribution >= 0.6 is 0 Å². The van der Waals surface area contributed by atoms with Gasteiger partial charge in [-0.3, -0.25) is 0 Å². The molecule has 0 fully saturated rings. The van der Waals surface area contributed by atoms with Crippen molar-refractivity contribution in [2.24, 2.45) is 5.73 Å². The summed E-state index contributed by atoms with van der Waals surface area (Å²) in [6.07, 6.45) is 1.79. The summed E-state index contributed by atoms with van der Waals surface area (Å²) < 4.78 is 0. The Bertz CT molecular complexity index is 335. The van der Waals surface area contributed by atoms with Crippen LogP contribution in [-0.4, -0.2) is 6.04 Å². The number of benzene rings is 1. The maximum Gasteiger partial charge on any atom is 0.0968 e. The molecular weight excluding hydrogens is 184 g/mol. The lowest BCUT2D eigenvalue weighted by Crippen LogP contribution is -2.19.